The SMILES string of the molecule is C=CCS(=O)(=O)N(O)C(=O)C1NCCc2ccccc21. The zero-order valence-corrected chi connectivity index (χ0v) is 11.6. The van der Waals surface area contributed by atoms with Crippen molar-refractivity contribution in [1.82, 2.24) is 9.79 Å². The van der Waals surface area contributed by atoms with Crippen molar-refractivity contribution in [2.45, 2.75) is 12.5 Å². The van der Waals surface area contributed by atoms with Gasteiger partial charge in [-0.15, -0.1) is 11.0 Å². The number of amides is 1. The highest BCUT2D eigenvalue weighted by atomic mass is 32.2. The van der Waals surface area contributed by atoms with Crippen molar-refractivity contribution < 1.29 is 18.4 Å². The van der Waals surface area contributed by atoms with E-state index in [9.17, 15) is 18.4 Å². The lowest BCUT2D eigenvalue weighted by Gasteiger charge is -2.27. The Morgan fingerprint density at radius 3 is 2.90 bits per heavy atom. The van der Waals surface area contributed by atoms with E-state index in [0.717, 1.165) is 18.1 Å². The van der Waals surface area contributed by atoms with Crippen molar-refractivity contribution in [2.24, 2.45) is 0 Å². The minimum atomic E-state index is -4.08. The van der Waals surface area contributed by atoms with Gasteiger partial charge in [0.25, 0.3) is 15.9 Å². The van der Waals surface area contributed by atoms with E-state index in [-0.39, 0.29) is 4.47 Å². The van der Waals surface area contributed by atoms with E-state index in [1.54, 1.807) is 12.1 Å². The minimum Gasteiger partial charge on any atom is -0.302 e. The van der Waals surface area contributed by atoms with E-state index in [2.05, 4.69) is 11.9 Å². The number of nitrogens with zero attached hydrogens (tertiary/aromatic N) is 1. The van der Waals surface area contributed by atoms with Gasteiger partial charge in [0, 0.05) is 6.54 Å². The van der Waals surface area contributed by atoms with Crippen LogP contribution in [0.4, 0.5) is 0 Å². The molecular formula is C13H16N2O4S. The predicted molar refractivity (Wildman–Crippen MR) is 73.5 cm³/mol. The first-order valence-electron chi connectivity index (χ1n) is 6.15. The lowest BCUT2D eigenvalue weighted by Crippen LogP contribution is -2.45. The third-order valence-corrected chi connectivity index (χ3v) is 4.50. The van der Waals surface area contributed by atoms with Crippen LogP contribution in [0.5, 0.6) is 0 Å². The third-order valence-electron chi connectivity index (χ3n) is 3.14. The van der Waals surface area contributed by atoms with Crippen LogP contribution < -0.4 is 5.32 Å². The molecule has 1 aromatic rings. The van der Waals surface area contributed by atoms with Gasteiger partial charge in [-0.05, 0) is 17.5 Å². The molecule has 1 amide bonds. The fourth-order valence-electron chi connectivity index (χ4n) is 2.19. The van der Waals surface area contributed by atoms with Crippen molar-refractivity contribution in [3.8, 4) is 0 Å². The topological polar surface area (TPSA) is 86.7 Å². The summed E-state index contributed by atoms with van der Waals surface area (Å²) in [6.07, 6.45) is 1.87. The van der Waals surface area contributed by atoms with Crippen molar-refractivity contribution in [1.29, 1.82) is 0 Å². The number of carbonyl (C=O) groups is 1. The number of fused-ring (bicyclic) bond motifs is 1. The predicted octanol–water partition coefficient (Wildman–Crippen LogP) is 0.607. The molecule has 1 aliphatic heterocycles. The Labute approximate surface area is 117 Å². The van der Waals surface area contributed by atoms with E-state index in [0.29, 0.717) is 12.1 Å². The number of nitrogens with one attached hydrogen (secondary N) is 1. The molecule has 2 rings (SSSR count). The molecule has 0 saturated heterocycles. The molecule has 1 aromatic carbocycles. The van der Waals surface area contributed by atoms with E-state index in [4.69, 9.17) is 0 Å². The maximum absolute atomic E-state index is 12.2. The van der Waals surface area contributed by atoms with Gasteiger partial charge in [0.1, 0.15) is 6.04 Å². The molecular weight excluding hydrogens is 280 g/mol. The molecule has 0 aliphatic carbocycles. The molecule has 0 spiro atoms. The molecule has 0 radical (unpaired) electrons. The average Bonchev–Trinajstić information content (AvgIpc) is 2.45. The third kappa shape index (κ3) is 2.74. The summed E-state index contributed by atoms with van der Waals surface area (Å²) in [5, 5.41) is 12.6. The first-order valence-corrected chi connectivity index (χ1v) is 7.76. The number of benzene rings is 1. The largest absolute Gasteiger partial charge is 0.302 e. The molecule has 108 valence electrons. The van der Waals surface area contributed by atoms with Gasteiger partial charge in [-0.2, -0.15) is 0 Å². The highest BCUT2D eigenvalue weighted by Crippen LogP contribution is 2.24. The van der Waals surface area contributed by atoms with E-state index in [1.807, 2.05) is 12.1 Å². The lowest BCUT2D eigenvalue weighted by atomic mass is 9.94. The summed E-state index contributed by atoms with van der Waals surface area (Å²) in [7, 11) is -4.08. The number of sulfonamides is 1. The zero-order valence-electron chi connectivity index (χ0n) is 10.8. The molecule has 2 N–H and O–H groups in total. The zero-order chi connectivity index (χ0) is 14.8. The molecule has 6 nitrogen and oxygen atoms in total. The van der Waals surface area contributed by atoms with Crippen LogP contribution in [0.15, 0.2) is 36.9 Å². The molecule has 1 aliphatic rings. The monoisotopic (exact) mass is 296 g/mol. The molecule has 1 unspecified atom stereocenters. The summed E-state index contributed by atoms with van der Waals surface area (Å²) in [6, 6.07) is 6.40. The molecule has 1 atom stereocenters. The van der Waals surface area contributed by atoms with Crippen LogP contribution in [0.2, 0.25) is 0 Å². The Bertz CT molecular complexity index is 627. The van der Waals surface area contributed by atoms with E-state index >= 15 is 0 Å². The van der Waals surface area contributed by atoms with Crippen LogP contribution in [0, 0.1) is 0 Å². The second-order valence-corrected chi connectivity index (χ2v) is 6.33. The van der Waals surface area contributed by atoms with Gasteiger partial charge in [-0.1, -0.05) is 30.3 Å². The number of hydroxylamine groups is 1. The van der Waals surface area contributed by atoms with Crippen LogP contribution >= 0.6 is 0 Å². The number of rotatable bonds is 4. The molecule has 0 bridgehead atoms. The van der Waals surface area contributed by atoms with Gasteiger partial charge >= 0.3 is 0 Å². The van der Waals surface area contributed by atoms with Gasteiger partial charge < -0.3 is 5.32 Å². The standard InChI is InChI=1S/C13H16N2O4S/c1-2-9-20(18,19)15(17)13(16)12-11-6-4-3-5-10(11)7-8-14-12/h2-6,12,14,17H,1,7-9H2. The van der Waals surface area contributed by atoms with Crippen LogP contribution in [0.1, 0.15) is 17.2 Å². The molecule has 0 fully saturated rings. The number of hydrogen-bond donors (Lipinski definition) is 2. The van der Waals surface area contributed by atoms with Gasteiger partial charge in [0.2, 0.25) is 0 Å². The van der Waals surface area contributed by atoms with E-state index < -0.39 is 27.7 Å². The minimum absolute atomic E-state index is 0.186. The Balaban J connectivity index is 2.29. The second kappa shape index (κ2) is 5.74. The summed E-state index contributed by atoms with van der Waals surface area (Å²) in [5.41, 5.74) is 1.66. The summed E-state index contributed by atoms with van der Waals surface area (Å²) in [4.78, 5) is 12.2. The quantitative estimate of drug-likeness (QED) is 0.483. The molecule has 20 heavy (non-hydrogen) atoms. The van der Waals surface area contributed by atoms with Gasteiger partial charge in [0.05, 0.1) is 5.75 Å². The first kappa shape index (κ1) is 14.7. The van der Waals surface area contributed by atoms with Gasteiger partial charge in [-0.25, -0.2) is 8.42 Å². The first-order chi connectivity index (χ1) is 9.47. The summed E-state index contributed by atoms with van der Waals surface area (Å²) < 4.78 is 23.2. The number of carbonyl (C=O) groups excluding carboxylic acids is 1. The van der Waals surface area contributed by atoms with Crippen molar-refractivity contribution in [3.63, 3.8) is 0 Å². The highest BCUT2D eigenvalue weighted by molar-refractivity contribution is 7.89. The van der Waals surface area contributed by atoms with Crippen molar-refractivity contribution in [3.05, 3.63) is 48.0 Å². The lowest BCUT2D eigenvalue weighted by molar-refractivity contribution is -0.148. The molecule has 1 heterocycles. The smallest absolute Gasteiger partial charge is 0.282 e. The van der Waals surface area contributed by atoms with E-state index in [1.165, 1.54) is 0 Å². The highest BCUT2D eigenvalue weighted by Gasteiger charge is 2.34. The fraction of sp³-hybridized carbons (Fsp3) is 0.308. The van der Waals surface area contributed by atoms with Crippen LogP contribution in [-0.2, 0) is 21.2 Å². The Kier molecular flexibility index (Phi) is 4.22. The van der Waals surface area contributed by atoms with Crippen molar-refractivity contribution >= 4 is 15.9 Å². The Morgan fingerprint density at radius 1 is 1.50 bits per heavy atom. The molecule has 0 saturated carbocycles. The van der Waals surface area contributed by atoms with Crippen LogP contribution in [-0.4, -0.2) is 36.3 Å². The normalized spacial score (nSPS) is 18.1. The van der Waals surface area contributed by atoms with Crippen molar-refractivity contribution in [2.75, 3.05) is 12.3 Å². The van der Waals surface area contributed by atoms with Gasteiger partial charge in [-0.3, -0.25) is 10.0 Å². The van der Waals surface area contributed by atoms with Gasteiger partial charge in [0.15, 0.2) is 0 Å². The van der Waals surface area contributed by atoms with Crippen LogP contribution in [0.25, 0.3) is 0 Å². The fourth-order valence-corrected chi connectivity index (χ4v) is 3.01. The summed E-state index contributed by atoms with van der Waals surface area (Å²) >= 11 is 0. The molecule has 0 aromatic heterocycles. The van der Waals surface area contributed by atoms with Crippen LogP contribution in [0.3, 0.4) is 0 Å². The Hall–Kier alpha value is -1.70. The molecule has 7 heteroatoms. The average molecular weight is 296 g/mol. The maximum atomic E-state index is 12.2. The number of hydrogen-bond acceptors (Lipinski definition) is 5. The summed E-state index contributed by atoms with van der Waals surface area (Å²) in [6.45, 7) is 3.84. The Morgan fingerprint density at radius 2 is 2.20 bits per heavy atom. The second-order valence-electron chi connectivity index (χ2n) is 4.48. The summed E-state index contributed by atoms with van der Waals surface area (Å²) in [5.74, 6) is -1.40. The maximum Gasteiger partial charge on any atom is 0.282 e.